The smallest absolute Gasteiger partial charge is 0.334 e. The maximum atomic E-state index is 11.5. The van der Waals surface area contributed by atoms with Crippen molar-refractivity contribution >= 4 is 39.2 Å². The summed E-state index contributed by atoms with van der Waals surface area (Å²) in [6, 6.07) is 4.65. The molecule has 8 heteroatoms. The third-order valence-electron chi connectivity index (χ3n) is 2.33. The van der Waals surface area contributed by atoms with E-state index >= 15 is 0 Å². The van der Waals surface area contributed by atoms with E-state index in [1.165, 1.54) is 11.3 Å². The van der Waals surface area contributed by atoms with Crippen LogP contribution in [-0.2, 0) is 4.79 Å². The number of thiazole rings is 1. The lowest BCUT2D eigenvalue weighted by Crippen LogP contribution is -2.38. The fraction of sp³-hybridized carbons (Fsp3) is 0.182. The first kappa shape index (κ1) is 13.2. The molecular weight excluding hydrogens is 270 g/mol. The van der Waals surface area contributed by atoms with E-state index in [4.69, 9.17) is 10.2 Å². The zero-order chi connectivity index (χ0) is 13.8. The van der Waals surface area contributed by atoms with E-state index in [1.54, 1.807) is 23.7 Å². The summed E-state index contributed by atoms with van der Waals surface area (Å²) in [4.78, 5) is 25.9. The number of carbonyl (C=O) groups excluding carboxylic acids is 1. The highest BCUT2D eigenvalue weighted by atomic mass is 32.1. The molecule has 1 heterocycles. The highest BCUT2D eigenvalue weighted by molar-refractivity contribution is 7.16. The Bertz CT molecular complexity index is 613. The highest BCUT2D eigenvalue weighted by Gasteiger charge is 2.14. The van der Waals surface area contributed by atoms with E-state index in [1.807, 2.05) is 0 Å². The summed E-state index contributed by atoms with van der Waals surface area (Å²) in [5.74, 6) is -1.38. The van der Waals surface area contributed by atoms with E-state index in [2.05, 4.69) is 15.6 Å². The normalized spacial score (nSPS) is 12.1. The molecule has 1 aromatic carbocycles. The Kier molecular flexibility index (Phi) is 3.93. The van der Waals surface area contributed by atoms with Crippen molar-refractivity contribution < 1.29 is 19.8 Å². The molecule has 0 saturated carbocycles. The summed E-state index contributed by atoms with van der Waals surface area (Å²) in [5.41, 5.74) is 3.12. The van der Waals surface area contributed by atoms with Gasteiger partial charge in [0.1, 0.15) is 0 Å². The zero-order valence-electron chi connectivity index (χ0n) is 9.66. The Balaban J connectivity index is 1.93. The molecule has 2 aromatic rings. The molecule has 1 aromatic heterocycles. The van der Waals surface area contributed by atoms with E-state index < -0.39 is 18.1 Å². The number of carboxylic acid groups (broad SMARTS) is 1. The van der Waals surface area contributed by atoms with Crippen LogP contribution in [0.1, 0.15) is 0 Å². The van der Waals surface area contributed by atoms with Crippen LogP contribution < -0.4 is 10.6 Å². The van der Waals surface area contributed by atoms with Crippen LogP contribution in [0.15, 0.2) is 23.7 Å². The summed E-state index contributed by atoms with van der Waals surface area (Å²) in [7, 11) is 0. The molecule has 0 saturated heterocycles. The second kappa shape index (κ2) is 5.63. The third kappa shape index (κ3) is 3.39. The van der Waals surface area contributed by atoms with Crippen molar-refractivity contribution in [3.8, 4) is 0 Å². The molecule has 100 valence electrons. The lowest BCUT2D eigenvalue weighted by atomic mass is 10.3. The van der Waals surface area contributed by atoms with Gasteiger partial charge >= 0.3 is 12.0 Å². The fourth-order valence-corrected chi connectivity index (χ4v) is 2.10. The molecule has 0 aliphatic carbocycles. The van der Waals surface area contributed by atoms with Crippen LogP contribution in [0.25, 0.3) is 10.2 Å². The van der Waals surface area contributed by atoms with Crippen molar-refractivity contribution in [1.82, 2.24) is 10.3 Å². The molecule has 1 atom stereocenters. The quantitative estimate of drug-likeness (QED) is 0.664. The van der Waals surface area contributed by atoms with Gasteiger partial charge in [-0.05, 0) is 18.2 Å². The van der Waals surface area contributed by atoms with Crippen molar-refractivity contribution in [3.05, 3.63) is 23.7 Å². The van der Waals surface area contributed by atoms with Crippen LogP contribution >= 0.6 is 11.3 Å². The molecule has 2 amide bonds. The predicted molar refractivity (Wildman–Crippen MR) is 70.3 cm³/mol. The minimum atomic E-state index is -1.62. The first-order chi connectivity index (χ1) is 9.06. The molecular formula is C11H11N3O4S. The first-order valence-corrected chi connectivity index (χ1v) is 6.23. The number of benzene rings is 1. The van der Waals surface area contributed by atoms with Crippen molar-refractivity contribution in [2.24, 2.45) is 0 Å². The summed E-state index contributed by atoms with van der Waals surface area (Å²) in [6.07, 6.45) is -1.62. The molecule has 0 bridgehead atoms. The summed E-state index contributed by atoms with van der Waals surface area (Å²) >= 11 is 1.45. The summed E-state index contributed by atoms with van der Waals surface area (Å²) in [5, 5.41) is 22.3. The molecule has 7 nitrogen and oxygen atoms in total. The number of aromatic nitrogens is 1. The van der Waals surface area contributed by atoms with Gasteiger partial charge < -0.3 is 20.8 Å². The van der Waals surface area contributed by atoms with Crippen molar-refractivity contribution in [2.45, 2.75) is 6.10 Å². The number of carbonyl (C=O) groups is 2. The number of urea groups is 1. The standard InChI is InChI=1S/C11H11N3O4S/c15-8(10(16)17)4-12-11(18)14-6-1-2-7-9(3-6)19-5-13-7/h1-3,5,8,15H,4H2,(H,16,17)(H2,12,14,18). The summed E-state index contributed by atoms with van der Waals surface area (Å²) < 4.78 is 0.934. The number of aliphatic carboxylic acids is 1. The van der Waals surface area contributed by atoms with Crippen LogP contribution in [-0.4, -0.2) is 39.8 Å². The number of carboxylic acids is 1. The minimum absolute atomic E-state index is 0.357. The number of amides is 2. The average Bonchev–Trinajstić information content (AvgIpc) is 2.83. The number of hydrogen-bond acceptors (Lipinski definition) is 5. The maximum absolute atomic E-state index is 11.5. The van der Waals surface area contributed by atoms with Gasteiger partial charge in [0.2, 0.25) is 0 Å². The monoisotopic (exact) mass is 281 g/mol. The van der Waals surface area contributed by atoms with Gasteiger partial charge in [-0.2, -0.15) is 0 Å². The van der Waals surface area contributed by atoms with Gasteiger partial charge in [0.15, 0.2) is 6.10 Å². The van der Waals surface area contributed by atoms with Crippen LogP contribution in [0.4, 0.5) is 10.5 Å². The molecule has 0 fully saturated rings. The van der Waals surface area contributed by atoms with Crippen LogP contribution in [0, 0.1) is 0 Å². The van der Waals surface area contributed by atoms with Crippen molar-refractivity contribution in [1.29, 1.82) is 0 Å². The number of aliphatic hydroxyl groups is 1. The Morgan fingerprint density at radius 2 is 2.21 bits per heavy atom. The van der Waals surface area contributed by atoms with Crippen LogP contribution in [0.2, 0.25) is 0 Å². The van der Waals surface area contributed by atoms with Gasteiger partial charge in [0.05, 0.1) is 22.3 Å². The molecule has 4 N–H and O–H groups in total. The van der Waals surface area contributed by atoms with E-state index in [9.17, 15) is 9.59 Å². The Labute approximate surface area is 111 Å². The van der Waals surface area contributed by atoms with Gasteiger partial charge in [-0.3, -0.25) is 0 Å². The van der Waals surface area contributed by atoms with Crippen LogP contribution in [0.5, 0.6) is 0 Å². The number of hydrogen-bond donors (Lipinski definition) is 4. The fourth-order valence-electron chi connectivity index (χ4n) is 1.38. The molecule has 1 unspecified atom stereocenters. The first-order valence-electron chi connectivity index (χ1n) is 5.35. The number of anilines is 1. The van der Waals surface area contributed by atoms with E-state index in [0.717, 1.165) is 10.2 Å². The average molecular weight is 281 g/mol. The second-order valence-corrected chi connectivity index (χ2v) is 4.61. The van der Waals surface area contributed by atoms with Gasteiger partial charge in [-0.15, -0.1) is 11.3 Å². The highest BCUT2D eigenvalue weighted by Crippen LogP contribution is 2.21. The molecule has 0 aliphatic heterocycles. The van der Waals surface area contributed by atoms with E-state index in [-0.39, 0.29) is 6.54 Å². The molecule has 2 rings (SSSR count). The number of nitrogens with one attached hydrogen (secondary N) is 2. The van der Waals surface area contributed by atoms with Gasteiger partial charge in [0, 0.05) is 5.69 Å². The second-order valence-electron chi connectivity index (χ2n) is 3.72. The van der Waals surface area contributed by atoms with Gasteiger partial charge in [-0.25, -0.2) is 14.6 Å². The SMILES string of the molecule is O=C(NCC(O)C(=O)O)Nc1ccc2ncsc2c1. The zero-order valence-corrected chi connectivity index (χ0v) is 10.5. The van der Waals surface area contributed by atoms with Gasteiger partial charge in [0.25, 0.3) is 0 Å². The Hall–Kier alpha value is -2.19. The van der Waals surface area contributed by atoms with Crippen molar-refractivity contribution in [2.75, 3.05) is 11.9 Å². The Morgan fingerprint density at radius 1 is 1.42 bits per heavy atom. The predicted octanol–water partition coefficient (Wildman–Crippen LogP) is 0.863. The van der Waals surface area contributed by atoms with Crippen molar-refractivity contribution in [3.63, 3.8) is 0 Å². The number of nitrogens with zero attached hydrogens (tertiary/aromatic N) is 1. The summed E-state index contributed by atoms with van der Waals surface area (Å²) in [6.45, 7) is -0.357. The number of fused-ring (bicyclic) bond motifs is 1. The van der Waals surface area contributed by atoms with E-state index in [0.29, 0.717) is 5.69 Å². The molecule has 0 aliphatic rings. The topological polar surface area (TPSA) is 112 Å². The minimum Gasteiger partial charge on any atom is -0.479 e. The number of aliphatic hydroxyl groups excluding tert-OH is 1. The molecule has 19 heavy (non-hydrogen) atoms. The largest absolute Gasteiger partial charge is 0.479 e. The molecule has 0 radical (unpaired) electrons. The van der Waals surface area contributed by atoms with Crippen LogP contribution in [0.3, 0.4) is 0 Å². The molecule has 0 spiro atoms. The maximum Gasteiger partial charge on any atom is 0.334 e. The number of rotatable bonds is 4. The lowest BCUT2D eigenvalue weighted by Gasteiger charge is -2.09. The van der Waals surface area contributed by atoms with Gasteiger partial charge in [-0.1, -0.05) is 0 Å². The third-order valence-corrected chi connectivity index (χ3v) is 3.12. The lowest BCUT2D eigenvalue weighted by molar-refractivity contribution is -0.146. The Morgan fingerprint density at radius 3 is 2.95 bits per heavy atom.